The second-order valence-electron chi connectivity index (χ2n) is 11.6. The number of methoxy groups -OCH3 is 1. The molecular weight excluding hydrogens is 580 g/mol. The molecule has 0 amide bonds. The van der Waals surface area contributed by atoms with Crippen LogP contribution in [0, 0.1) is 5.92 Å². The first-order valence-corrected chi connectivity index (χ1v) is 15.2. The number of Topliss-reactive ketones (excluding diaryl/α,β-unsaturated/α-hetero) is 2. The molecule has 2 heterocycles. The average Bonchev–Trinajstić information content (AvgIpc) is 3.53. The van der Waals surface area contributed by atoms with Crippen molar-refractivity contribution in [2.45, 2.75) is 82.0 Å². The van der Waals surface area contributed by atoms with Crippen molar-refractivity contribution >= 4 is 17.5 Å². The zero-order chi connectivity index (χ0) is 32.6. The third kappa shape index (κ3) is 8.08. The molecule has 2 aromatic carbocycles. The highest BCUT2D eigenvalue weighted by Crippen LogP contribution is 2.41. The molecule has 0 saturated carbocycles. The van der Waals surface area contributed by atoms with Gasteiger partial charge in [0, 0.05) is 30.7 Å². The number of ketones is 2. The SMILES string of the molecule is COC(=O)C1(n2cc(CCCCN)nn2)CC(O)C(CC(C)=O)C([C@@H](O)[C@H](O)CCC(=O)c2ccc(-c3ccccc3)cc2)O1. The van der Waals surface area contributed by atoms with Crippen molar-refractivity contribution in [1.29, 1.82) is 0 Å². The van der Waals surface area contributed by atoms with E-state index in [4.69, 9.17) is 15.2 Å². The molecule has 4 rings (SSSR count). The number of hydrogen-bond acceptors (Lipinski definition) is 11. The number of unbranched alkanes of at least 4 members (excludes halogenated alkanes) is 1. The van der Waals surface area contributed by atoms with Crippen LogP contribution in [0.1, 0.15) is 61.5 Å². The number of carbonyl (C=O) groups excluding carboxylic acids is 3. The Balaban J connectivity index is 1.52. The van der Waals surface area contributed by atoms with Gasteiger partial charge in [-0.25, -0.2) is 9.48 Å². The van der Waals surface area contributed by atoms with Crippen LogP contribution in [-0.4, -0.2) is 85.9 Å². The monoisotopic (exact) mass is 622 g/mol. The van der Waals surface area contributed by atoms with E-state index in [1.165, 1.54) is 13.1 Å². The highest BCUT2D eigenvalue weighted by Gasteiger charge is 2.56. The minimum Gasteiger partial charge on any atom is -0.465 e. The van der Waals surface area contributed by atoms with Crippen LogP contribution in [0.2, 0.25) is 0 Å². The molecule has 1 aliphatic heterocycles. The van der Waals surface area contributed by atoms with Gasteiger partial charge in [-0.05, 0) is 50.3 Å². The van der Waals surface area contributed by atoms with Gasteiger partial charge < -0.3 is 35.3 Å². The molecule has 45 heavy (non-hydrogen) atoms. The largest absolute Gasteiger partial charge is 0.465 e. The Bertz CT molecular complexity index is 1430. The zero-order valence-corrected chi connectivity index (χ0v) is 25.6. The number of ether oxygens (including phenoxy) is 2. The van der Waals surface area contributed by atoms with E-state index in [-0.39, 0.29) is 37.2 Å². The van der Waals surface area contributed by atoms with Crippen molar-refractivity contribution in [3.8, 4) is 11.1 Å². The number of nitrogens with two attached hydrogens (primary N) is 1. The van der Waals surface area contributed by atoms with E-state index >= 15 is 0 Å². The highest BCUT2D eigenvalue weighted by molar-refractivity contribution is 5.96. The number of aryl methyl sites for hydroxylation is 1. The smallest absolute Gasteiger partial charge is 0.361 e. The molecule has 1 fully saturated rings. The summed E-state index contributed by atoms with van der Waals surface area (Å²) in [5, 5.41) is 41.9. The lowest BCUT2D eigenvalue weighted by Crippen LogP contribution is -2.61. The van der Waals surface area contributed by atoms with Crippen molar-refractivity contribution in [1.82, 2.24) is 15.0 Å². The van der Waals surface area contributed by atoms with Crippen LogP contribution in [0.5, 0.6) is 0 Å². The summed E-state index contributed by atoms with van der Waals surface area (Å²) in [7, 11) is 1.15. The molecule has 12 heteroatoms. The van der Waals surface area contributed by atoms with Gasteiger partial charge in [0.2, 0.25) is 0 Å². The maximum Gasteiger partial charge on any atom is 0.361 e. The number of carbonyl (C=O) groups is 3. The van der Waals surface area contributed by atoms with Gasteiger partial charge >= 0.3 is 5.97 Å². The third-order valence-corrected chi connectivity index (χ3v) is 8.27. The summed E-state index contributed by atoms with van der Waals surface area (Å²) < 4.78 is 12.4. The van der Waals surface area contributed by atoms with Crippen molar-refractivity contribution in [3.63, 3.8) is 0 Å². The van der Waals surface area contributed by atoms with Crippen molar-refractivity contribution in [3.05, 3.63) is 72.1 Å². The lowest BCUT2D eigenvalue weighted by atomic mass is 9.79. The lowest BCUT2D eigenvalue weighted by molar-refractivity contribution is -0.269. The molecule has 0 bridgehead atoms. The van der Waals surface area contributed by atoms with E-state index in [9.17, 15) is 29.7 Å². The fourth-order valence-corrected chi connectivity index (χ4v) is 5.79. The highest BCUT2D eigenvalue weighted by atomic mass is 16.6. The van der Waals surface area contributed by atoms with Crippen LogP contribution < -0.4 is 5.73 Å². The third-order valence-electron chi connectivity index (χ3n) is 8.27. The first-order valence-electron chi connectivity index (χ1n) is 15.2. The molecule has 6 atom stereocenters. The minimum absolute atomic E-state index is 0.0903. The molecule has 0 radical (unpaired) electrons. The quantitative estimate of drug-likeness (QED) is 0.111. The number of esters is 1. The maximum absolute atomic E-state index is 13.2. The Labute approximate surface area is 262 Å². The molecule has 0 spiro atoms. The Hall–Kier alpha value is -3.81. The van der Waals surface area contributed by atoms with E-state index in [1.807, 2.05) is 42.5 Å². The molecule has 1 aliphatic rings. The molecule has 1 saturated heterocycles. The Morgan fingerprint density at radius 2 is 1.78 bits per heavy atom. The Kier molecular flexibility index (Phi) is 11.7. The van der Waals surface area contributed by atoms with Crippen LogP contribution in [-0.2, 0) is 31.2 Å². The van der Waals surface area contributed by atoms with Crippen LogP contribution >= 0.6 is 0 Å². The first-order chi connectivity index (χ1) is 21.6. The van der Waals surface area contributed by atoms with Crippen LogP contribution in [0.15, 0.2) is 60.8 Å². The Morgan fingerprint density at radius 1 is 1.09 bits per heavy atom. The fourth-order valence-electron chi connectivity index (χ4n) is 5.79. The predicted octanol–water partition coefficient (Wildman–Crippen LogP) is 2.18. The van der Waals surface area contributed by atoms with E-state index in [0.717, 1.165) is 35.8 Å². The molecule has 0 aliphatic carbocycles. The van der Waals surface area contributed by atoms with Gasteiger partial charge in [-0.1, -0.05) is 59.8 Å². The molecule has 242 valence electrons. The predicted molar refractivity (Wildman–Crippen MR) is 164 cm³/mol. The van der Waals surface area contributed by atoms with Crippen LogP contribution in [0.3, 0.4) is 0 Å². The molecule has 3 aromatic rings. The van der Waals surface area contributed by atoms with Gasteiger partial charge in [0.1, 0.15) is 11.9 Å². The summed E-state index contributed by atoms with van der Waals surface area (Å²) in [5.74, 6) is -2.38. The average molecular weight is 623 g/mol. The molecule has 12 nitrogen and oxygen atoms in total. The normalized spacial score (nSPS) is 22.8. The van der Waals surface area contributed by atoms with Crippen LogP contribution in [0.25, 0.3) is 11.1 Å². The summed E-state index contributed by atoms with van der Waals surface area (Å²) in [5.41, 5.74) is 6.54. The summed E-state index contributed by atoms with van der Waals surface area (Å²) in [6, 6.07) is 16.8. The van der Waals surface area contributed by atoms with E-state index < -0.39 is 42.0 Å². The van der Waals surface area contributed by atoms with E-state index in [2.05, 4.69) is 10.3 Å². The zero-order valence-electron chi connectivity index (χ0n) is 25.6. The van der Waals surface area contributed by atoms with Gasteiger partial charge in [0.05, 0.1) is 37.3 Å². The number of benzene rings is 2. The van der Waals surface area contributed by atoms with Crippen molar-refractivity contribution in [2.75, 3.05) is 13.7 Å². The molecule has 1 aromatic heterocycles. The number of hydrogen-bond donors (Lipinski definition) is 4. The van der Waals surface area contributed by atoms with Gasteiger partial charge in [-0.2, -0.15) is 0 Å². The summed E-state index contributed by atoms with van der Waals surface area (Å²) in [4.78, 5) is 38.4. The number of nitrogens with zero attached hydrogens (tertiary/aromatic N) is 3. The summed E-state index contributed by atoms with van der Waals surface area (Å²) in [6.45, 7) is 1.85. The van der Waals surface area contributed by atoms with Gasteiger partial charge in [0.15, 0.2) is 5.78 Å². The first kappa shape index (κ1) is 34.1. The molecule has 5 N–H and O–H groups in total. The van der Waals surface area contributed by atoms with E-state index in [0.29, 0.717) is 24.2 Å². The number of aliphatic hydroxyl groups is 3. The van der Waals surface area contributed by atoms with Crippen molar-refractivity contribution < 1.29 is 39.2 Å². The lowest BCUT2D eigenvalue weighted by Gasteiger charge is -2.47. The van der Waals surface area contributed by atoms with Crippen molar-refractivity contribution in [2.24, 2.45) is 11.7 Å². The van der Waals surface area contributed by atoms with Gasteiger partial charge in [-0.15, -0.1) is 5.10 Å². The topological polar surface area (TPSA) is 187 Å². The van der Waals surface area contributed by atoms with Gasteiger partial charge in [0.25, 0.3) is 5.72 Å². The summed E-state index contributed by atoms with van der Waals surface area (Å²) >= 11 is 0. The second-order valence-corrected chi connectivity index (χ2v) is 11.6. The molecule has 4 unspecified atom stereocenters. The molecular formula is C33H42N4O8. The Morgan fingerprint density at radius 3 is 2.42 bits per heavy atom. The van der Waals surface area contributed by atoms with Crippen LogP contribution in [0.4, 0.5) is 0 Å². The number of rotatable bonds is 15. The van der Waals surface area contributed by atoms with Gasteiger partial charge in [-0.3, -0.25) is 4.79 Å². The summed E-state index contributed by atoms with van der Waals surface area (Å²) in [6.07, 6.45) is -3.05. The maximum atomic E-state index is 13.2. The minimum atomic E-state index is -2.03. The number of aliphatic hydroxyl groups excluding tert-OH is 3. The standard InChI is InChI=1S/C33H42N4O8/c1-21(38)18-26-29(41)19-33(32(43)44-2,37-20-25(35-36-37)10-6-7-17-34)45-31(26)30(42)28(40)16-15-27(39)24-13-11-23(12-14-24)22-8-4-3-5-9-22/h3-5,8-9,11-14,20,26,28-31,40-42H,6-7,10,15-19,34H2,1-2H3/t26?,28-,29?,30+,31?,33?/m1/s1. The van der Waals surface area contributed by atoms with E-state index in [1.54, 1.807) is 12.1 Å². The fraction of sp³-hybridized carbons (Fsp3) is 0.485. The number of aromatic nitrogens is 3. The second kappa shape index (κ2) is 15.5.